The maximum absolute atomic E-state index is 12.2. The maximum Gasteiger partial charge on any atom is 0.240 e. The van der Waals surface area contributed by atoms with Crippen molar-refractivity contribution >= 4 is 27.5 Å². The second-order valence-corrected chi connectivity index (χ2v) is 6.51. The van der Waals surface area contributed by atoms with E-state index < -0.39 is 5.60 Å². The van der Waals surface area contributed by atoms with Gasteiger partial charge in [-0.2, -0.15) is 0 Å². The molecule has 0 unspecified atom stereocenters. The van der Waals surface area contributed by atoms with E-state index >= 15 is 0 Å². The zero-order valence-corrected chi connectivity index (χ0v) is 13.2. The first-order chi connectivity index (χ1) is 9.46. The third-order valence-corrected chi connectivity index (χ3v) is 3.95. The second-order valence-electron chi connectivity index (χ2n) is 5.60. The smallest absolute Gasteiger partial charge is 0.240 e. The molecule has 2 aliphatic heterocycles. The first-order valence-electron chi connectivity index (χ1n) is 6.69. The average Bonchev–Trinajstić information content (AvgIpc) is 2.38. The van der Waals surface area contributed by atoms with Gasteiger partial charge in [0.25, 0.3) is 0 Å². The van der Waals surface area contributed by atoms with E-state index in [9.17, 15) is 4.79 Å². The number of carbonyl (C=O) groups is 1. The number of nitrogens with one attached hydrogen (secondary N) is 1. The van der Waals surface area contributed by atoms with Crippen LogP contribution in [0.4, 0.5) is 0 Å². The van der Waals surface area contributed by atoms with Crippen LogP contribution in [0.25, 0.3) is 5.70 Å². The summed E-state index contributed by atoms with van der Waals surface area (Å²) in [6, 6.07) is 5.91. The molecule has 0 aromatic heterocycles. The molecule has 1 aromatic rings. The molecular weight excluding hydrogens is 320 g/mol. The second kappa shape index (κ2) is 4.90. The van der Waals surface area contributed by atoms with Gasteiger partial charge in [0.1, 0.15) is 11.4 Å². The molecular formula is C15H17BrN2O2. The highest BCUT2D eigenvalue weighted by Gasteiger charge is 2.32. The molecule has 20 heavy (non-hydrogen) atoms. The molecule has 3 rings (SSSR count). The Labute approximate surface area is 126 Å². The van der Waals surface area contributed by atoms with Gasteiger partial charge in [-0.15, -0.1) is 0 Å². The van der Waals surface area contributed by atoms with Crippen LogP contribution in [0.3, 0.4) is 0 Å². The number of nitrogens with zero attached hydrogens (tertiary/aromatic N) is 1. The van der Waals surface area contributed by atoms with E-state index in [1.54, 1.807) is 0 Å². The minimum absolute atomic E-state index is 0.103. The monoisotopic (exact) mass is 336 g/mol. The van der Waals surface area contributed by atoms with E-state index in [1.807, 2.05) is 43.0 Å². The van der Waals surface area contributed by atoms with E-state index in [1.165, 1.54) is 0 Å². The summed E-state index contributed by atoms with van der Waals surface area (Å²) in [5, 5.41) is 3.10. The molecule has 2 aliphatic rings. The van der Waals surface area contributed by atoms with Gasteiger partial charge in [0.2, 0.25) is 5.91 Å². The van der Waals surface area contributed by atoms with Gasteiger partial charge in [-0.25, -0.2) is 0 Å². The fourth-order valence-corrected chi connectivity index (χ4v) is 2.96. The topological polar surface area (TPSA) is 41.6 Å². The minimum atomic E-state index is -0.415. The number of carbonyl (C=O) groups excluding carboxylic acids is 1. The Kier molecular flexibility index (Phi) is 3.34. The minimum Gasteiger partial charge on any atom is -0.483 e. The van der Waals surface area contributed by atoms with E-state index in [2.05, 4.69) is 21.2 Å². The molecule has 1 aromatic carbocycles. The Hall–Kier alpha value is -1.33. The van der Waals surface area contributed by atoms with Crippen LogP contribution < -0.4 is 10.1 Å². The Morgan fingerprint density at radius 3 is 2.95 bits per heavy atom. The van der Waals surface area contributed by atoms with Crippen LogP contribution in [0, 0.1) is 0 Å². The van der Waals surface area contributed by atoms with Crippen LogP contribution in [-0.2, 0) is 4.79 Å². The van der Waals surface area contributed by atoms with Gasteiger partial charge in [0.15, 0.2) is 0 Å². The van der Waals surface area contributed by atoms with E-state index in [0.717, 1.165) is 28.0 Å². The lowest BCUT2D eigenvalue weighted by Gasteiger charge is -2.37. The highest BCUT2D eigenvalue weighted by molar-refractivity contribution is 9.10. The number of amides is 1. The summed E-state index contributed by atoms with van der Waals surface area (Å²) >= 11 is 3.49. The van der Waals surface area contributed by atoms with Crippen LogP contribution in [0.2, 0.25) is 0 Å². The lowest BCUT2D eigenvalue weighted by Crippen LogP contribution is -2.48. The van der Waals surface area contributed by atoms with Gasteiger partial charge < -0.3 is 15.0 Å². The van der Waals surface area contributed by atoms with Crippen molar-refractivity contribution in [2.75, 3.05) is 19.6 Å². The molecule has 2 heterocycles. The molecule has 1 amide bonds. The third-order valence-electron chi connectivity index (χ3n) is 3.46. The molecule has 0 bridgehead atoms. The van der Waals surface area contributed by atoms with Crippen molar-refractivity contribution in [2.45, 2.75) is 19.4 Å². The summed E-state index contributed by atoms with van der Waals surface area (Å²) in [4.78, 5) is 14.0. The Balaban J connectivity index is 2.09. The summed E-state index contributed by atoms with van der Waals surface area (Å²) in [5.41, 5.74) is 1.50. The van der Waals surface area contributed by atoms with E-state index in [4.69, 9.17) is 4.74 Å². The molecule has 0 aliphatic carbocycles. The lowest BCUT2D eigenvalue weighted by molar-refractivity contribution is -0.128. The van der Waals surface area contributed by atoms with Gasteiger partial charge in [0, 0.05) is 23.1 Å². The number of benzene rings is 1. The average molecular weight is 337 g/mol. The molecule has 1 saturated heterocycles. The highest BCUT2D eigenvalue weighted by Crippen LogP contribution is 2.39. The Bertz CT molecular complexity index is 596. The van der Waals surface area contributed by atoms with Gasteiger partial charge in [-0.3, -0.25) is 4.79 Å². The molecule has 106 valence electrons. The van der Waals surface area contributed by atoms with E-state index in [0.29, 0.717) is 13.1 Å². The first-order valence-corrected chi connectivity index (χ1v) is 7.48. The van der Waals surface area contributed by atoms with E-state index in [-0.39, 0.29) is 5.91 Å². The predicted octanol–water partition coefficient (Wildman–Crippen LogP) is 2.39. The van der Waals surface area contributed by atoms with Crippen LogP contribution in [0.1, 0.15) is 19.4 Å². The van der Waals surface area contributed by atoms with Crippen molar-refractivity contribution in [1.82, 2.24) is 10.2 Å². The third kappa shape index (κ3) is 2.47. The highest BCUT2D eigenvalue weighted by atomic mass is 79.9. The zero-order chi connectivity index (χ0) is 14.3. The number of piperazine rings is 1. The summed E-state index contributed by atoms with van der Waals surface area (Å²) in [5.74, 6) is 0.924. The normalized spacial score (nSPS) is 21.1. The summed E-state index contributed by atoms with van der Waals surface area (Å²) in [7, 11) is 0. The molecule has 1 N–H and O–H groups in total. The standard InChI is InChI=1S/C15H17BrN2O2/c1-15(2)8-12(18-6-5-17-9-14(18)19)11-7-10(16)3-4-13(11)20-15/h3-4,7-8,17H,5-6,9H2,1-2H3. The molecule has 0 spiro atoms. The van der Waals surface area contributed by atoms with Crippen molar-refractivity contribution < 1.29 is 9.53 Å². The summed E-state index contributed by atoms with van der Waals surface area (Å²) in [6.45, 7) is 5.90. The predicted molar refractivity (Wildman–Crippen MR) is 81.4 cm³/mol. The van der Waals surface area contributed by atoms with Gasteiger partial charge in [0.05, 0.1) is 12.2 Å². The Morgan fingerprint density at radius 1 is 1.40 bits per heavy atom. The molecule has 0 atom stereocenters. The number of hydrogen-bond acceptors (Lipinski definition) is 3. The SMILES string of the molecule is CC1(C)C=C(N2CCNCC2=O)c2cc(Br)ccc2O1. The number of hydrogen-bond donors (Lipinski definition) is 1. The van der Waals surface area contributed by atoms with Gasteiger partial charge in [-0.05, 0) is 38.1 Å². The maximum atomic E-state index is 12.2. The molecule has 4 nitrogen and oxygen atoms in total. The summed E-state index contributed by atoms with van der Waals surface area (Å²) in [6.07, 6.45) is 2.03. The fourth-order valence-electron chi connectivity index (χ4n) is 2.60. The van der Waals surface area contributed by atoms with Gasteiger partial charge >= 0.3 is 0 Å². The molecule has 5 heteroatoms. The zero-order valence-electron chi connectivity index (χ0n) is 11.6. The van der Waals surface area contributed by atoms with Crippen molar-refractivity contribution in [3.63, 3.8) is 0 Å². The van der Waals surface area contributed by atoms with Crippen LogP contribution in [-0.4, -0.2) is 36.0 Å². The molecule has 0 radical (unpaired) electrons. The lowest BCUT2D eigenvalue weighted by atomic mass is 9.98. The van der Waals surface area contributed by atoms with Crippen molar-refractivity contribution in [2.24, 2.45) is 0 Å². The fraction of sp³-hybridized carbons (Fsp3) is 0.400. The van der Waals surface area contributed by atoms with Gasteiger partial charge in [-0.1, -0.05) is 15.9 Å². The quantitative estimate of drug-likeness (QED) is 0.856. The van der Waals surface area contributed by atoms with Crippen molar-refractivity contribution in [3.05, 3.63) is 34.3 Å². The number of ether oxygens (including phenoxy) is 1. The van der Waals surface area contributed by atoms with Crippen molar-refractivity contribution in [3.8, 4) is 5.75 Å². The Morgan fingerprint density at radius 2 is 2.20 bits per heavy atom. The van der Waals surface area contributed by atoms with Crippen molar-refractivity contribution in [1.29, 1.82) is 0 Å². The number of rotatable bonds is 1. The first kappa shape index (κ1) is 13.6. The number of fused-ring (bicyclic) bond motifs is 1. The molecule has 0 saturated carbocycles. The summed E-state index contributed by atoms with van der Waals surface area (Å²) < 4.78 is 6.96. The van der Waals surface area contributed by atoms with Crippen LogP contribution >= 0.6 is 15.9 Å². The van der Waals surface area contributed by atoms with Crippen LogP contribution in [0.15, 0.2) is 28.7 Å². The molecule has 1 fully saturated rings. The largest absolute Gasteiger partial charge is 0.483 e. The number of halogens is 1. The van der Waals surface area contributed by atoms with Crippen LogP contribution in [0.5, 0.6) is 5.75 Å².